The number of hydrogen-bond donors (Lipinski definition) is 0. The molecule has 1 aromatic rings. The molecule has 0 aliphatic heterocycles. The minimum absolute atomic E-state index is 0.00322. The minimum atomic E-state index is -0.615. The van der Waals surface area contributed by atoms with E-state index in [0.717, 1.165) is 4.47 Å². The fourth-order valence-corrected chi connectivity index (χ4v) is 1.93. The molecule has 0 bridgehead atoms. The molecule has 1 aromatic carbocycles. The van der Waals surface area contributed by atoms with E-state index < -0.39 is 18.4 Å². The summed E-state index contributed by atoms with van der Waals surface area (Å²) in [6.45, 7) is 5.25. The lowest BCUT2D eigenvalue weighted by molar-refractivity contribution is 0.0215. The van der Waals surface area contributed by atoms with E-state index in [4.69, 9.17) is 9.47 Å². The van der Waals surface area contributed by atoms with Crippen LogP contribution in [0.25, 0.3) is 0 Å². The average molecular weight is 362 g/mol. The summed E-state index contributed by atoms with van der Waals surface area (Å²) in [5.74, 6) is 0.689. The Balaban J connectivity index is 2.49. The van der Waals surface area contributed by atoms with E-state index >= 15 is 0 Å². The average Bonchev–Trinajstić information content (AvgIpc) is 2.35. The molecule has 1 rings (SSSR count). The highest BCUT2D eigenvalue weighted by Crippen LogP contribution is 2.17. The molecule has 0 N–H and O–H groups in total. The lowest BCUT2D eigenvalue weighted by atomic mass is 10.2. The van der Waals surface area contributed by atoms with Crippen molar-refractivity contribution in [3.8, 4) is 5.75 Å². The summed E-state index contributed by atoms with van der Waals surface area (Å²) < 4.78 is 24.2. The van der Waals surface area contributed by atoms with E-state index in [1.54, 1.807) is 20.8 Å². The first-order valence-electron chi connectivity index (χ1n) is 6.74. The van der Waals surface area contributed by atoms with Gasteiger partial charge in [0.15, 0.2) is 0 Å². The van der Waals surface area contributed by atoms with Gasteiger partial charge in [-0.25, -0.2) is 9.18 Å². The van der Waals surface area contributed by atoms with Crippen molar-refractivity contribution in [2.24, 2.45) is 0 Å². The second-order valence-electron chi connectivity index (χ2n) is 5.46. The highest BCUT2D eigenvalue weighted by atomic mass is 79.9. The molecule has 0 aliphatic rings. The van der Waals surface area contributed by atoms with Crippen molar-refractivity contribution in [2.75, 3.05) is 26.4 Å². The maximum Gasteiger partial charge on any atom is 0.410 e. The molecule has 0 atom stereocenters. The smallest absolute Gasteiger partial charge is 0.410 e. The van der Waals surface area contributed by atoms with Gasteiger partial charge in [-0.15, -0.1) is 0 Å². The third kappa shape index (κ3) is 7.32. The first kappa shape index (κ1) is 17.8. The summed E-state index contributed by atoms with van der Waals surface area (Å²) in [5, 5.41) is 0. The molecule has 0 radical (unpaired) electrons. The number of halogens is 2. The zero-order valence-electron chi connectivity index (χ0n) is 12.6. The lowest BCUT2D eigenvalue weighted by Gasteiger charge is -2.26. The van der Waals surface area contributed by atoms with Crippen LogP contribution in [0.5, 0.6) is 5.75 Å². The van der Waals surface area contributed by atoms with Gasteiger partial charge >= 0.3 is 6.09 Å². The summed E-state index contributed by atoms with van der Waals surface area (Å²) in [6.07, 6.45) is -0.530. The first-order valence-corrected chi connectivity index (χ1v) is 7.53. The Labute approximate surface area is 133 Å². The molecule has 0 aromatic heterocycles. The number of nitrogens with zero attached hydrogens (tertiary/aromatic N) is 1. The monoisotopic (exact) mass is 361 g/mol. The largest absolute Gasteiger partial charge is 0.492 e. The lowest BCUT2D eigenvalue weighted by Crippen LogP contribution is -2.40. The molecular formula is C15H21BrFNO3. The number of alkyl halides is 1. The van der Waals surface area contributed by atoms with E-state index in [9.17, 15) is 9.18 Å². The fraction of sp³-hybridized carbons (Fsp3) is 0.533. The molecule has 1 amide bonds. The molecule has 118 valence electrons. The topological polar surface area (TPSA) is 38.8 Å². The van der Waals surface area contributed by atoms with Crippen LogP contribution in [0.3, 0.4) is 0 Å². The molecular weight excluding hydrogens is 341 g/mol. The predicted molar refractivity (Wildman–Crippen MR) is 83.4 cm³/mol. The maximum atomic E-state index is 12.5. The standard InChI is InChI=1S/C15H21BrFNO3/c1-15(2,3)21-14(19)18(8-7-17)9-10-20-13-6-4-5-12(16)11-13/h4-6,11H,7-10H2,1-3H3. The number of benzene rings is 1. The van der Waals surface area contributed by atoms with Gasteiger partial charge in [-0.3, -0.25) is 0 Å². The van der Waals surface area contributed by atoms with Crippen LogP contribution in [0, 0.1) is 0 Å². The fourth-order valence-electron chi connectivity index (χ4n) is 1.55. The molecule has 0 aliphatic carbocycles. The Morgan fingerprint density at radius 3 is 2.62 bits per heavy atom. The highest BCUT2D eigenvalue weighted by Gasteiger charge is 2.21. The Bertz CT molecular complexity index is 462. The van der Waals surface area contributed by atoms with Crippen molar-refractivity contribution in [1.82, 2.24) is 4.90 Å². The zero-order chi connectivity index (χ0) is 15.9. The third-order valence-electron chi connectivity index (χ3n) is 2.43. The van der Waals surface area contributed by atoms with Crippen LogP contribution in [-0.4, -0.2) is 43.0 Å². The van der Waals surface area contributed by atoms with Crippen molar-refractivity contribution in [3.05, 3.63) is 28.7 Å². The van der Waals surface area contributed by atoms with Crippen molar-refractivity contribution in [2.45, 2.75) is 26.4 Å². The van der Waals surface area contributed by atoms with Gasteiger partial charge in [-0.05, 0) is 39.0 Å². The Morgan fingerprint density at radius 2 is 2.05 bits per heavy atom. The summed E-state index contributed by atoms with van der Waals surface area (Å²) in [6, 6.07) is 7.39. The van der Waals surface area contributed by atoms with Crippen LogP contribution in [-0.2, 0) is 4.74 Å². The molecule has 0 fully saturated rings. The van der Waals surface area contributed by atoms with Crippen molar-refractivity contribution >= 4 is 22.0 Å². The van der Waals surface area contributed by atoms with Gasteiger partial charge in [0.25, 0.3) is 0 Å². The number of amides is 1. The third-order valence-corrected chi connectivity index (χ3v) is 2.93. The predicted octanol–water partition coefficient (Wildman–Crippen LogP) is 4.03. The number of ether oxygens (including phenoxy) is 2. The van der Waals surface area contributed by atoms with Gasteiger partial charge < -0.3 is 14.4 Å². The Morgan fingerprint density at radius 1 is 1.33 bits per heavy atom. The molecule has 6 heteroatoms. The maximum absolute atomic E-state index is 12.5. The number of rotatable bonds is 6. The quantitative estimate of drug-likeness (QED) is 0.767. The van der Waals surface area contributed by atoms with Crippen LogP contribution in [0.4, 0.5) is 9.18 Å². The van der Waals surface area contributed by atoms with Gasteiger partial charge in [0.05, 0.1) is 13.1 Å². The Kier molecular flexibility index (Phi) is 6.95. The summed E-state index contributed by atoms with van der Waals surface area (Å²) in [4.78, 5) is 13.2. The van der Waals surface area contributed by atoms with E-state index in [2.05, 4.69) is 15.9 Å². The normalized spacial score (nSPS) is 11.1. The highest BCUT2D eigenvalue weighted by molar-refractivity contribution is 9.10. The van der Waals surface area contributed by atoms with Crippen molar-refractivity contribution in [1.29, 1.82) is 0 Å². The van der Waals surface area contributed by atoms with Crippen LogP contribution in [0.2, 0.25) is 0 Å². The van der Waals surface area contributed by atoms with Gasteiger partial charge in [-0.2, -0.15) is 0 Å². The second-order valence-corrected chi connectivity index (χ2v) is 6.38. The van der Waals surface area contributed by atoms with E-state index in [1.807, 2.05) is 24.3 Å². The number of carbonyl (C=O) groups excluding carboxylic acids is 1. The SMILES string of the molecule is CC(C)(C)OC(=O)N(CCF)CCOc1cccc(Br)c1. The second kappa shape index (κ2) is 8.22. The molecule has 21 heavy (non-hydrogen) atoms. The first-order chi connectivity index (χ1) is 9.81. The van der Waals surface area contributed by atoms with Crippen LogP contribution >= 0.6 is 15.9 Å². The minimum Gasteiger partial charge on any atom is -0.492 e. The van der Waals surface area contributed by atoms with Gasteiger partial charge in [0.2, 0.25) is 0 Å². The number of hydrogen-bond acceptors (Lipinski definition) is 3. The summed E-state index contributed by atoms with van der Waals surface area (Å²) in [7, 11) is 0. The van der Waals surface area contributed by atoms with Gasteiger partial charge in [0.1, 0.15) is 24.6 Å². The molecule has 0 spiro atoms. The molecule has 0 saturated carbocycles. The van der Waals surface area contributed by atoms with Gasteiger partial charge in [0, 0.05) is 4.47 Å². The van der Waals surface area contributed by atoms with Gasteiger partial charge in [-0.1, -0.05) is 22.0 Å². The molecule has 0 unspecified atom stereocenters. The van der Waals surface area contributed by atoms with Crippen molar-refractivity contribution in [3.63, 3.8) is 0 Å². The van der Waals surface area contributed by atoms with Crippen molar-refractivity contribution < 1.29 is 18.7 Å². The summed E-state index contributed by atoms with van der Waals surface area (Å²) in [5.41, 5.74) is -0.600. The number of carbonyl (C=O) groups is 1. The van der Waals surface area contributed by atoms with Crippen LogP contribution in [0.1, 0.15) is 20.8 Å². The summed E-state index contributed by atoms with van der Waals surface area (Å²) >= 11 is 3.35. The molecule has 0 saturated heterocycles. The molecule has 4 nitrogen and oxygen atoms in total. The van der Waals surface area contributed by atoms with E-state index in [1.165, 1.54) is 4.90 Å². The van der Waals surface area contributed by atoms with Crippen LogP contribution in [0.15, 0.2) is 28.7 Å². The molecule has 0 heterocycles. The van der Waals surface area contributed by atoms with Crippen LogP contribution < -0.4 is 4.74 Å². The van der Waals surface area contributed by atoms with E-state index in [-0.39, 0.29) is 19.7 Å². The Hall–Kier alpha value is -1.30. The van der Waals surface area contributed by atoms with E-state index in [0.29, 0.717) is 5.75 Å². The zero-order valence-corrected chi connectivity index (χ0v) is 14.2.